The van der Waals surface area contributed by atoms with Gasteiger partial charge in [0, 0.05) is 5.56 Å². The number of carbonyl (C=O) groups is 2. The molecular weight excluding hydrogens is 275 g/mol. The summed E-state index contributed by atoms with van der Waals surface area (Å²) in [4.78, 5) is 24.5. The molecular formula is C15H20FN2O3+. The van der Waals surface area contributed by atoms with E-state index >= 15 is 0 Å². The van der Waals surface area contributed by atoms with Crippen LogP contribution in [-0.2, 0) is 20.9 Å². The number of carbonyl (C=O) groups excluding carboxylic acids is 2. The molecule has 1 heterocycles. The van der Waals surface area contributed by atoms with Gasteiger partial charge < -0.3 is 15.0 Å². The number of hydrogen-bond acceptors (Lipinski definition) is 3. The maximum Gasteiger partial charge on any atom is 0.312 e. The third-order valence-electron chi connectivity index (χ3n) is 3.61. The monoisotopic (exact) mass is 295 g/mol. The van der Waals surface area contributed by atoms with E-state index < -0.39 is 12.0 Å². The summed E-state index contributed by atoms with van der Waals surface area (Å²) in [6.07, 6.45) is 0.0173. The number of halogens is 1. The van der Waals surface area contributed by atoms with Gasteiger partial charge in [-0.2, -0.15) is 0 Å². The average Bonchev–Trinajstić information content (AvgIpc) is 2.45. The van der Waals surface area contributed by atoms with E-state index in [1.54, 1.807) is 25.1 Å². The predicted molar refractivity (Wildman–Crippen MR) is 74.0 cm³/mol. The standard InChI is InChI=1S/C15H19FN2O3/c1-2-21-14(19)9-13-15(20)17-7-8-18(13)10-11-5-3-4-6-12(11)16/h3-6,13H,2,7-10H2,1H3,(H,17,20)/p+1. The highest BCUT2D eigenvalue weighted by Gasteiger charge is 2.36. The zero-order chi connectivity index (χ0) is 15.2. The quantitative estimate of drug-likeness (QED) is 0.731. The van der Waals surface area contributed by atoms with Gasteiger partial charge in [0.25, 0.3) is 5.91 Å². The van der Waals surface area contributed by atoms with Crippen molar-refractivity contribution in [1.29, 1.82) is 0 Å². The second-order valence-corrected chi connectivity index (χ2v) is 5.03. The van der Waals surface area contributed by atoms with Crippen LogP contribution in [0.4, 0.5) is 4.39 Å². The summed E-state index contributed by atoms with van der Waals surface area (Å²) in [5.41, 5.74) is 0.552. The fourth-order valence-corrected chi connectivity index (χ4v) is 2.55. The molecule has 0 aliphatic carbocycles. The van der Waals surface area contributed by atoms with Gasteiger partial charge in [0.15, 0.2) is 6.04 Å². The molecule has 1 aliphatic rings. The second kappa shape index (κ2) is 7.17. The molecule has 1 amide bonds. The number of nitrogens with one attached hydrogen (secondary N) is 2. The molecule has 1 aromatic carbocycles. The third-order valence-corrected chi connectivity index (χ3v) is 3.61. The smallest absolute Gasteiger partial charge is 0.312 e. The molecule has 1 fully saturated rings. The van der Waals surface area contributed by atoms with Crippen LogP contribution in [0.5, 0.6) is 0 Å². The number of benzene rings is 1. The van der Waals surface area contributed by atoms with Crippen molar-refractivity contribution >= 4 is 11.9 Å². The Balaban J connectivity index is 2.09. The number of amides is 1. The third kappa shape index (κ3) is 4.01. The Morgan fingerprint density at radius 3 is 2.95 bits per heavy atom. The fourth-order valence-electron chi connectivity index (χ4n) is 2.55. The van der Waals surface area contributed by atoms with Crippen molar-refractivity contribution in [2.24, 2.45) is 0 Å². The number of ether oxygens (including phenoxy) is 1. The number of rotatable bonds is 5. The van der Waals surface area contributed by atoms with Crippen LogP contribution in [0.1, 0.15) is 18.9 Å². The van der Waals surface area contributed by atoms with E-state index in [4.69, 9.17) is 4.74 Å². The van der Waals surface area contributed by atoms with Gasteiger partial charge in [-0.05, 0) is 13.0 Å². The number of hydrogen-bond donors (Lipinski definition) is 2. The van der Waals surface area contributed by atoms with Crippen LogP contribution in [0.2, 0.25) is 0 Å². The summed E-state index contributed by atoms with van der Waals surface area (Å²) >= 11 is 0. The molecule has 6 heteroatoms. The van der Waals surface area contributed by atoms with Crippen molar-refractivity contribution in [2.45, 2.75) is 25.9 Å². The van der Waals surface area contributed by atoms with E-state index in [9.17, 15) is 14.0 Å². The van der Waals surface area contributed by atoms with Gasteiger partial charge in [-0.15, -0.1) is 0 Å². The summed E-state index contributed by atoms with van der Waals surface area (Å²) in [6, 6.07) is 5.97. The first-order chi connectivity index (χ1) is 10.1. The van der Waals surface area contributed by atoms with Crippen molar-refractivity contribution in [2.75, 3.05) is 19.7 Å². The maximum absolute atomic E-state index is 13.7. The van der Waals surface area contributed by atoms with Gasteiger partial charge in [-0.3, -0.25) is 9.59 Å². The summed E-state index contributed by atoms with van der Waals surface area (Å²) in [6.45, 7) is 3.58. The molecule has 0 spiro atoms. The molecule has 1 aliphatic heterocycles. The zero-order valence-electron chi connectivity index (χ0n) is 12.0. The van der Waals surface area contributed by atoms with Crippen LogP contribution in [-0.4, -0.2) is 37.6 Å². The van der Waals surface area contributed by atoms with Gasteiger partial charge in [-0.1, -0.05) is 18.2 Å². The van der Waals surface area contributed by atoms with Crippen LogP contribution in [0, 0.1) is 5.82 Å². The molecule has 0 bridgehead atoms. The molecule has 2 atom stereocenters. The lowest BCUT2D eigenvalue weighted by atomic mass is 10.1. The van der Waals surface area contributed by atoms with Gasteiger partial charge in [0.05, 0.1) is 19.7 Å². The zero-order valence-corrected chi connectivity index (χ0v) is 12.0. The first-order valence-electron chi connectivity index (χ1n) is 7.13. The molecule has 21 heavy (non-hydrogen) atoms. The van der Waals surface area contributed by atoms with Crippen molar-refractivity contribution in [3.63, 3.8) is 0 Å². The Morgan fingerprint density at radius 2 is 2.24 bits per heavy atom. The van der Waals surface area contributed by atoms with E-state index in [-0.39, 0.29) is 24.8 Å². The fraction of sp³-hybridized carbons (Fsp3) is 0.467. The molecule has 2 N–H and O–H groups in total. The lowest BCUT2D eigenvalue weighted by molar-refractivity contribution is -0.930. The second-order valence-electron chi connectivity index (χ2n) is 5.03. The molecule has 0 aromatic heterocycles. The van der Waals surface area contributed by atoms with Crippen LogP contribution in [0.3, 0.4) is 0 Å². The highest BCUT2D eigenvalue weighted by Crippen LogP contribution is 2.05. The van der Waals surface area contributed by atoms with Gasteiger partial charge in [-0.25, -0.2) is 4.39 Å². The van der Waals surface area contributed by atoms with Crippen LogP contribution < -0.4 is 10.2 Å². The molecule has 1 aromatic rings. The first-order valence-corrected chi connectivity index (χ1v) is 7.13. The van der Waals surface area contributed by atoms with Crippen molar-refractivity contribution in [3.05, 3.63) is 35.6 Å². The Morgan fingerprint density at radius 1 is 1.48 bits per heavy atom. The minimum Gasteiger partial charge on any atom is -0.466 e. The molecule has 114 valence electrons. The molecule has 5 nitrogen and oxygen atoms in total. The molecule has 2 unspecified atom stereocenters. The summed E-state index contributed by atoms with van der Waals surface area (Å²) in [5.74, 6) is -0.864. The highest BCUT2D eigenvalue weighted by atomic mass is 19.1. The average molecular weight is 295 g/mol. The first kappa shape index (κ1) is 15.4. The summed E-state index contributed by atoms with van der Waals surface area (Å²) < 4.78 is 18.7. The van der Waals surface area contributed by atoms with Gasteiger partial charge in [0.1, 0.15) is 18.8 Å². The Kier molecular flexibility index (Phi) is 5.27. The van der Waals surface area contributed by atoms with Crippen LogP contribution >= 0.6 is 0 Å². The van der Waals surface area contributed by atoms with E-state index in [2.05, 4.69) is 5.32 Å². The Bertz CT molecular complexity index is 521. The summed E-state index contributed by atoms with van der Waals surface area (Å²) in [7, 11) is 0. The predicted octanol–water partition coefficient (Wildman–Crippen LogP) is -0.338. The number of esters is 1. The van der Waals surface area contributed by atoms with Crippen molar-refractivity contribution in [1.82, 2.24) is 5.32 Å². The van der Waals surface area contributed by atoms with Crippen molar-refractivity contribution < 1.29 is 23.6 Å². The van der Waals surface area contributed by atoms with E-state index in [1.165, 1.54) is 6.07 Å². The lowest BCUT2D eigenvalue weighted by Gasteiger charge is -2.31. The maximum atomic E-state index is 13.7. The van der Waals surface area contributed by atoms with Crippen LogP contribution in [0.25, 0.3) is 0 Å². The number of quaternary nitrogens is 1. The molecule has 2 rings (SSSR count). The summed E-state index contributed by atoms with van der Waals surface area (Å²) in [5, 5.41) is 2.75. The normalized spacial score (nSPS) is 21.7. The number of piperazine rings is 1. The highest BCUT2D eigenvalue weighted by molar-refractivity contribution is 5.85. The van der Waals surface area contributed by atoms with Crippen LogP contribution in [0.15, 0.2) is 24.3 Å². The Labute approximate surface area is 123 Å². The minimum atomic E-state index is -0.530. The van der Waals surface area contributed by atoms with Gasteiger partial charge in [0.2, 0.25) is 0 Å². The minimum absolute atomic E-state index is 0.0173. The van der Waals surface area contributed by atoms with E-state index in [0.717, 1.165) is 4.90 Å². The molecule has 0 radical (unpaired) electrons. The lowest BCUT2D eigenvalue weighted by Crippen LogP contribution is -3.18. The molecule has 0 saturated carbocycles. The topological polar surface area (TPSA) is 59.8 Å². The van der Waals surface area contributed by atoms with E-state index in [1.807, 2.05) is 0 Å². The van der Waals surface area contributed by atoms with Crippen molar-refractivity contribution in [3.8, 4) is 0 Å². The molecule has 1 saturated heterocycles. The Hall–Kier alpha value is -1.95. The largest absolute Gasteiger partial charge is 0.466 e. The van der Waals surface area contributed by atoms with Gasteiger partial charge >= 0.3 is 5.97 Å². The SMILES string of the molecule is CCOC(=O)CC1C(=O)NCC[NH+]1Cc1ccccc1F. The van der Waals surface area contributed by atoms with E-state index in [0.29, 0.717) is 25.2 Å².